The van der Waals surface area contributed by atoms with Crippen LogP contribution >= 0.6 is 22.6 Å². The highest BCUT2D eigenvalue weighted by Crippen LogP contribution is 2.09. The SMILES string of the molecule is Ic1ccc(COCc2ccncc2)cc1. The van der Waals surface area contributed by atoms with Gasteiger partial charge in [0.1, 0.15) is 0 Å². The number of nitrogens with zero attached hydrogens (tertiary/aromatic N) is 1. The zero-order chi connectivity index (χ0) is 11.2. The number of hydrogen-bond donors (Lipinski definition) is 0. The van der Waals surface area contributed by atoms with Crippen LogP contribution in [0, 0.1) is 3.57 Å². The number of halogens is 1. The molecule has 82 valence electrons. The molecule has 0 saturated heterocycles. The van der Waals surface area contributed by atoms with Crippen molar-refractivity contribution < 1.29 is 4.74 Å². The second-order valence-corrected chi connectivity index (χ2v) is 4.72. The molecule has 16 heavy (non-hydrogen) atoms. The topological polar surface area (TPSA) is 22.1 Å². The van der Waals surface area contributed by atoms with Gasteiger partial charge in [0.2, 0.25) is 0 Å². The van der Waals surface area contributed by atoms with Crippen molar-refractivity contribution in [2.75, 3.05) is 0 Å². The number of pyridine rings is 1. The molecule has 0 N–H and O–H groups in total. The van der Waals surface area contributed by atoms with E-state index < -0.39 is 0 Å². The van der Waals surface area contributed by atoms with Gasteiger partial charge in [-0.25, -0.2) is 0 Å². The molecule has 0 spiro atoms. The highest BCUT2D eigenvalue weighted by Gasteiger charge is 1.95. The summed E-state index contributed by atoms with van der Waals surface area (Å²) < 4.78 is 6.86. The minimum atomic E-state index is 0.633. The van der Waals surface area contributed by atoms with Crippen molar-refractivity contribution in [1.82, 2.24) is 4.98 Å². The average molecular weight is 325 g/mol. The second kappa shape index (κ2) is 5.96. The van der Waals surface area contributed by atoms with Crippen LogP contribution in [0.4, 0.5) is 0 Å². The van der Waals surface area contributed by atoms with Crippen LogP contribution in [0.3, 0.4) is 0 Å². The molecule has 0 aliphatic rings. The van der Waals surface area contributed by atoms with Crippen LogP contribution in [0.25, 0.3) is 0 Å². The highest BCUT2D eigenvalue weighted by atomic mass is 127. The fourth-order valence-corrected chi connectivity index (χ4v) is 1.71. The van der Waals surface area contributed by atoms with E-state index in [1.165, 1.54) is 9.13 Å². The predicted octanol–water partition coefficient (Wildman–Crippen LogP) is 3.40. The first kappa shape index (κ1) is 11.5. The van der Waals surface area contributed by atoms with Crippen LogP contribution in [0.1, 0.15) is 11.1 Å². The van der Waals surface area contributed by atoms with Gasteiger partial charge in [-0.3, -0.25) is 4.98 Å². The van der Waals surface area contributed by atoms with Gasteiger partial charge in [0.05, 0.1) is 13.2 Å². The first-order valence-electron chi connectivity index (χ1n) is 5.06. The Morgan fingerprint density at radius 2 is 1.44 bits per heavy atom. The van der Waals surface area contributed by atoms with E-state index in [0.29, 0.717) is 13.2 Å². The standard InChI is InChI=1S/C13H12INO/c14-13-3-1-11(2-4-13)9-16-10-12-5-7-15-8-6-12/h1-8H,9-10H2. The molecule has 0 fully saturated rings. The molecule has 0 aliphatic carbocycles. The van der Waals surface area contributed by atoms with Crippen LogP contribution in [-0.2, 0) is 18.0 Å². The average Bonchev–Trinajstić information content (AvgIpc) is 2.33. The van der Waals surface area contributed by atoms with Crippen molar-refractivity contribution in [3.05, 3.63) is 63.5 Å². The summed E-state index contributed by atoms with van der Waals surface area (Å²) in [5, 5.41) is 0. The third-order valence-electron chi connectivity index (χ3n) is 2.20. The van der Waals surface area contributed by atoms with E-state index in [-0.39, 0.29) is 0 Å². The molecule has 1 aromatic carbocycles. The van der Waals surface area contributed by atoms with Gasteiger partial charge in [0.25, 0.3) is 0 Å². The third kappa shape index (κ3) is 3.57. The lowest BCUT2D eigenvalue weighted by molar-refractivity contribution is 0.107. The Hall–Kier alpha value is -0.940. The summed E-state index contributed by atoms with van der Waals surface area (Å²) in [5.41, 5.74) is 2.36. The predicted molar refractivity (Wildman–Crippen MR) is 71.9 cm³/mol. The lowest BCUT2D eigenvalue weighted by Gasteiger charge is -2.04. The van der Waals surface area contributed by atoms with Crippen molar-refractivity contribution in [1.29, 1.82) is 0 Å². The van der Waals surface area contributed by atoms with E-state index in [2.05, 4.69) is 51.8 Å². The van der Waals surface area contributed by atoms with E-state index in [1.807, 2.05) is 12.1 Å². The minimum absolute atomic E-state index is 0.633. The minimum Gasteiger partial charge on any atom is -0.372 e. The number of rotatable bonds is 4. The fourth-order valence-electron chi connectivity index (χ4n) is 1.35. The zero-order valence-corrected chi connectivity index (χ0v) is 10.9. The molecule has 0 saturated carbocycles. The van der Waals surface area contributed by atoms with Crippen molar-refractivity contribution in [3.63, 3.8) is 0 Å². The summed E-state index contributed by atoms with van der Waals surface area (Å²) >= 11 is 2.30. The zero-order valence-electron chi connectivity index (χ0n) is 8.77. The first-order valence-corrected chi connectivity index (χ1v) is 6.13. The number of aromatic nitrogens is 1. The molecule has 2 rings (SSSR count). The summed E-state index contributed by atoms with van der Waals surface area (Å²) in [7, 11) is 0. The highest BCUT2D eigenvalue weighted by molar-refractivity contribution is 14.1. The number of hydrogen-bond acceptors (Lipinski definition) is 2. The Balaban J connectivity index is 1.82. The molecule has 3 heteroatoms. The Morgan fingerprint density at radius 1 is 0.875 bits per heavy atom. The van der Waals surface area contributed by atoms with Gasteiger partial charge < -0.3 is 4.74 Å². The number of benzene rings is 1. The monoisotopic (exact) mass is 325 g/mol. The lowest BCUT2D eigenvalue weighted by Crippen LogP contribution is -1.94. The van der Waals surface area contributed by atoms with Gasteiger partial charge in [-0.1, -0.05) is 12.1 Å². The van der Waals surface area contributed by atoms with Crippen molar-refractivity contribution in [2.24, 2.45) is 0 Å². The molecule has 0 aliphatic heterocycles. The van der Waals surface area contributed by atoms with Gasteiger partial charge in [-0.15, -0.1) is 0 Å². The molecule has 0 atom stereocenters. The van der Waals surface area contributed by atoms with Crippen LogP contribution in [0.5, 0.6) is 0 Å². The van der Waals surface area contributed by atoms with Crippen LogP contribution in [0.15, 0.2) is 48.8 Å². The van der Waals surface area contributed by atoms with Gasteiger partial charge in [0.15, 0.2) is 0 Å². The molecular formula is C13H12INO. The maximum atomic E-state index is 5.62. The Bertz CT molecular complexity index is 427. The van der Waals surface area contributed by atoms with Crippen LogP contribution in [0.2, 0.25) is 0 Å². The molecule has 0 unspecified atom stereocenters. The maximum absolute atomic E-state index is 5.62. The maximum Gasteiger partial charge on any atom is 0.0722 e. The molecular weight excluding hydrogens is 313 g/mol. The van der Waals surface area contributed by atoms with E-state index in [1.54, 1.807) is 12.4 Å². The lowest BCUT2D eigenvalue weighted by atomic mass is 10.2. The molecule has 2 aromatic rings. The van der Waals surface area contributed by atoms with Gasteiger partial charge in [-0.05, 0) is 58.0 Å². The molecule has 2 nitrogen and oxygen atoms in total. The van der Waals surface area contributed by atoms with E-state index in [0.717, 1.165) is 5.56 Å². The summed E-state index contributed by atoms with van der Waals surface area (Å²) in [6.07, 6.45) is 3.56. The Labute approximate surface area is 109 Å². The molecule has 1 heterocycles. The summed E-state index contributed by atoms with van der Waals surface area (Å²) in [6, 6.07) is 12.3. The molecule has 1 aromatic heterocycles. The van der Waals surface area contributed by atoms with Crippen LogP contribution < -0.4 is 0 Å². The summed E-state index contributed by atoms with van der Waals surface area (Å²) in [5.74, 6) is 0. The third-order valence-corrected chi connectivity index (χ3v) is 2.92. The van der Waals surface area contributed by atoms with Gasteiger partial charge >= 0.3 is 0 Å². The van der Waals surface area contributed by atoms with Gasteiger partial charge in [-0.2, -0.15) is 0 Å². The summed E-state index contributed by atoms with van der Waals surface area (Å²) in [4.78, 5) is 3.96. The molecule has 0 bridgehead atoms. The summed E-state index contributed by atoms with van der Waals surface area (Å²) in [6.45, 7) is 1.29. The fraction of sp³-hybridized carbons (Fsp3) is 0.154. The van der Waals surface area contributed by atoms with E-state index in [4.69, 9.17) is 4.74 Å². The molecule has 0 radical (unpaired) electrons. The smallest absolute Gasteiger partial charge is 0.0722 e. The van der Waals surface area contributed by atoms with Crippen molar-refractivity contribution >= 4 is 22.6 Å². The second-order valence-electron chi connectivity index (χ2n) is 3.47. The Kier molecular flexibility index (Phi) is 4.30. The van der Waals surface area contributed by atoms with E-state index >= 15 is 0 Å². The van der Waals surface area contributed by atoms with Crippen molar-refractivity contribution in [3.8, 4) is 0 Å². The molecule has 0 amide bonds. The van der Waals surface area contributed by atoms with Crippen LogP contribution in [-0.4, -0.2) is 4.98 Å². The first-order chi connectivity index (χ1) is 7.84. The van der Waals surface area contributed by atoms with Crippen molar-refractivity contribution in [2.45, 2.75) is 13.2 Å². The quantitative estimate of drug-likeness (QED) is 0.804. The van der Waals surface area contributed by atoms with E-state index in [9.17, 15) is 0 Å². The largest absolute Gasteiger partial charge is 0.372 e. The van der Waals surface area contributed by atoms with Gasteiger partial charge in [0, 0.05) is 16.0 Å². The number of ether oxygens (including phenoxy) is 1. The Morgan fingerprint density at radius 3 is 2.06 bits per heavy atom. The normalized spacial score (nSPS) is 10.3.